The second kappa shape index (κ2) is 13.8. The Kier molecular flexibility index (Phi) is 10.5. The van der Waals surface area contributed by atoms with Crippen LogP contribution in [0.1, 0.15) is 22.3 Å². The van der Waals surface area contributed by atoms with Crippen molar-refractivity contribution in [2.45, 2.75) is 18.2 Å². The SMILES string of the molecule is CNc1ccc(C=Cc2ccc(OCCOCCOCCc3c(C)cccc3S(=O)(=O)O)cc2)cc1. The minimum absolute atomic E-state index is 0.0666. The minimum atomic E-state index is -4.26. The Morgan fingerprint density at radius 1 is 0.806 bits per heavy atom. The third-order valence-electron chi connectivity index (χ3n) is 5.56. The first-order valence-corrected chi connectivity index (χ1v) is 13.2. The van der Waals surface area contributed by atoms with Crippen molar-refractivity contribution in [2.24, 2.45) is 0 Å². The molecule has 7 nitrogen and oxygen atoms in total. The molecule has 0 saturated heterocycles. The number of anilines is 1. The van der Waals surface area contributed by atoms with Gasteiger partial charge in [-0.05, 0) is 65.9 Å². The van der Waals surface area contributed by atoms with E-state index in [1.54, 1.807) is 6.07 Å². The number of rotatable bonds is 14. The van der Waals surface area contributed by atoms with E-state index in [-0.39, 0.29) is 4.90 Å². The highest BCUT2D eigenvalue weighted by atomic mass is 32.2. The van der Waals surface area contributed by atoms with E-state index in [0.717, 1.165) is 28.1 Å². The maximum Gasteiger partial charge on any atom is 0.294 e. The largest absolute Gasteiger partial charge is 0.491 e. The first-order chi connectivity index (χ1) is 17.4. The predicted octanol–water partition coefficient (Wildman–Crippen LogP) is 5.11. The maximum absolute atomic E-state index is 11.5. The number of benzene rings is 3. The molecular formula is C28H33NO6S. The molecule has 0 bridgehead atoms. The number of nitrogens with one attached hydrogen (secondary N) is 1. The highest BCUT2D eigenvalue weighted by Crippen LogP contribution is 2.20. The van der Waals surface area contributed by atoms with Crippen molar-refractivity contribution in [1.82, 2.24) is 0 Å². The molecular weight excluding hydrogens is 478 g/mol. The summed E-state index contributed by atoms with van der Waals surface area (Å²) >= 11 is 0. The fraction of sp³-hybridized carbons (Fsp3) is 0.286. The van der Waals surface area contributed by atoms with E-state index in [1.165, 1.54) is 6.07 Å². The van der Waals surface area contributed by atoms with Crippen LogP contribution in [0.25, 0.3) is 12.2 Å². The molecule has 0 amide bonds. The second-order valence-electron chi connectivity index (χ2n) is 8.12. The average molecular weight is 512 g/mol. The van der Waals surface area contributed by atoms with Gasteiger partial charge in [0, 0.05) is 12.7 Å². The Hall–Kier alpha value is -3.17. The summed E-state index contributed by atoms with van der Waals surface area (Å²) in [6.07, 6.45) is 4.52. The standard InChI is InChI=1S/C28H33NO6S/c1-22-4-3-5-28(36(30,31)32)27(22)16-17-33-18-19-34-20-21-35-26-14-10-24(11-15-26)7-6-23-8-12-25(29-2)13-9-23/h3-15,29H,16-21H2,1-2H3,(H,30,31,32). The molecule has 36 heavy (non-hydrogen) atoms. The molecule has 192 valence electrons. The van der Waals surface area contributed by atoms with Crippen molar-refractivity contribution in [1.29, 1.82) is 0 Å². The van der Waals surface area contributed by atoms with Gasteiger partial charge in [-0.1, -0.05) is 48.6 Å². The Morgan fingerprint density at radius 2 is 1.39 bits per heavy atom. The van der Waals surface area contributed by atoms with Crippen LogP contribution in [0.2, 0.25) is 0 Å². The fourth-order valence-electron chi connectivity index (χ4n) is 3.58. The molecule has 3 rings (SSSR count). The molecule has 0 heterocycles. The van der Waals surface area contributed by atoms with Crippen LogP contribution in [0.5, 0.6) is 5.75 Å². The molecule has 3 aromatic carbocycles. The molecule has 8 heteroatoms. The van der Waals surface area contributed by atoms with Gasteiger partial charge in [-0.2, -0.15) is 8.42 Å². The van der Waals surface area contributed by atoms with Crippen LogP contribution in [0.15, 0.2) is 71.6 Å². The number of aryl methyl sites for hydroxylation is 1. The lowest BCUT2D eigenvalue weighted by Gasteiger charge is -2.11. The maximum atomic E-state index is 11.5. The third kappa shape index (κ3) is 8.80. The van der Waals surface area contributed by atoms with Crippen molar-refractivity contribution < 1.29 is 27.2 Å². The van der Waals surface area contributed by atoms with Crippen molar-refractivity contribution in [3.8, 4) is 5.75 Å². The lowest BCUT2D eigenvalue weighted by Crippen LogP contribution is -2.12. The second-order valence-corrected chi connectivity index (χ2v) is 9.51. The van der Waals surface area contributed by atoms with E-state index in [9.17, 15) is 13.0 Å². The molecule has 2 N–H and O–H groups in total. The van der Waals surface area contributed by atoms with Crippen molar-refractivity contribution in [2.75, 3.05) is 45.4 Å². The monoisotopic (exact) mass is 511 g/mol. The third-order valence-corrected chi connectivity index (χ3v) is 6.50. The van der Waals surface area contributed by atoms with Crippen LogP contribution in [0, 0.1) is 6.92 Å². The van der Waals surface area contributed by atoms with Gasteiger partial charge in [0.1, 0.15) is 12.4 Å². The Balaban J connectivity index is 1.29. The van der Waals surface area contributed by atoms with E-state index in [0.29, 0.717) is 45.0 Å². The van der Waals surface area contributed by atoms with Crippen LogP contribution in [0.4, 0.5) is 5.69 Å². The Labute approximate surface area is 213 Å². The summed E-state index contributed by atoms with van der Waals surface area (Å²) in [5, 5.41) is 3.11. The van der Waals surface area contributed by atoms with Crippen LogP contribution in [-0.4, -0.2) is 53.1 Å². The summed E-state index contributed by atoms with van der Waals surface area (Å²) in [4.78, 5) is -0.0666. The number of ether oxygens (including phenoxy) is 3. The number of hydrogen-bond acceptors (Lipinski definition) is 6. The van der Waals surface area contributed by atoms with Gasteiger partial charge in [-0.25, -0.2) is 0 Å². The lowest BCUT2D eigenvalue weighted by molar-refractivity contribution is 0.0372. The highest BCUT2D eigenvalue weighted by Gasteiger charge is 2.16. The summed E-state index contributed by atoms with van der Waals surface area (Å²) in [7, 11) is -2.35. The molecule has 0 saturated carbocycles. The van der Waals surface area contributed by atoms with Crippen LogP contribution < -0.4 is 10.1 Å². The molecule has 0 spiro atoms. The first kappa shape index (κ1) is 27.4. The molecule has 0 aliphatic carbocycles. The lowest BCUT2D eigenvalue weighted by atomic mass is 10.1. The van der Waals surface area contributed by atoms with Gasteiger partial charge >= 0.3 is 0 Å². The van der Waals surface area contributed by atoms with Crippen LogP contribution >= 0.6 is 0 Å². The van der Waals surface area contributed by atoms with Gasteiger partial charge < -0.3 is 19.5 Å². The Morgan fingerprint density at radius 3 is 2.00 bits per heavy atom. The van der Waals surface area contributed by atoms with Crippen molar-refractivity contribution in [3.05, 3.63) is 89.0 Å². The first-order valence-electron chi connectivity index (χ1n) is 11.8. The molecule has 0 aliphatic rings. The summed E-state index contributed by atoms with van der Waals surface area (Å²) in [5.41, 5.74) is 4.67. The summed E-state index contributed by atoms with van der Waals surface area (Å²) in [5.74, 6) is 0.776. The van der Waals surface area contributed by atoms with Gasteiger partial charge in [0.25, 0.3) is 10.1 Å². The van der Waals surface area contributed by atoms with Gasteiger partial charge in [-0.3, -0.25) is 4.55 Å². The molecule has 0 aliphatic heterocycles. The van der Waals surface area contributed by atoms with E-state index in [2.05, 4.69) is 29.6 Å². The zero-order chi connectivity index (χ0) is 25.8. The summed E-state index contributed by atoms with van der Waals surface area (Å²) in [6.45, 7) is 3.77. The molecule has 3 aromatic rings. The van der Waals surface area contributed by atoms with Crippen LogP contribution in [-0.2, 0) is 26.0 Å². The van der Waals surface area contributed by atoms with Gasteiger partial charge in [0.05, 0.1) is 31.3 Å². The van der Waals surface area contributed by atoms with Gasteiger partial charge in [-0.15, -0.1) is 0 Å². The van der Waals surface area contributed by atoms with Crippen LogP contribution in [0.3, 0.4) is 0 Å². The zero-order valence-corrected chi connectivity index (χ0v) is 21.5. The molecule has 0 fully saturated rings. The average Bonchev–Trinajstić information content (AvgIpc) is 2.87. The zero-order valence-electron chi connectivity index (χ0n) is 20.6. The predicted molar refractivity (Wildman–Crippen MR) is 143 cm³/mol. The van der Waals surface area contributed by atoms with Gasteiger partial charge in [0.15, 0.2) is 0 Å². The molecule has 0 aromatic heterocycles. The summed E-state index contributed by atoms with van der Waals surface area (Å²) in [6, 6.07) is 20.9. The van der Waals surface area contributed by atoms with E-state index >= 15 is 0 Å². The summed E-state index contributed by atoms with van der Waals surface area (Å²) < 4.78 is 49.3. The molecule has 0 atom stereocenters. The minimum Gasteiger partial charge on any atom is -0.491 e. The fourth-order valence-corrected chi connectivity index (χ4v) is 4.41. The Bertz CT molecular complexity index is 1220. The van der Waals surface area contributed by atoms with Crippen molar-refractivity contribution >= 4 is 28.0 Å². The van der Waals surface area contributed by atoms with E-state index in [1.807, 2.05) is 56.4 Å². The normalized spacial score (nSPS) is 11.6. The number of hydrogen-bond donors (Lipinski definition) is 2. The van der Waals surface area contributed by atoms with E-state index in [4.69, 9.17) is 14.2 Å². The highest BCUT2D eigenvalue weighted by molar-refractivity contribution is 7.85. The molecule has 0 unspecified atom stereocenters. The van der Waals surface area contributed by atoms with E-state index < -0.39 is 10.1 Å². The molecule has 0 radical (unpaired) electrons. The topological polar surface area (TPSA) is 94.1 Å². The van der Waals surface area contributed by atoms with Crippen molar-refractivity contribution in [3.63, 3.8) is 0 Å². The smallest absolute Gasteiger partial charge is 0.294 e. The van der Waals surface area contributed by atoms with Gasteiger partial charge in [0.2, 0.25) is 0 Å². The quantitative estimate of drug-likeness (QED) is 0.176.